The van der Waals surface area contributed by atoms with E-state index in [2.05, 4.69) is 21.2 Å². The van der Waals surface area contributed by atoms with Crippen molar-refractivity contribution in [3.63, 3.8) is 0 Å². The summed E-state index contributed by atoms with van der Waals surface area (Å²) in [5.74, 6) is -1.47. The summed E-state index contributed by atoms with van der Waals surface area (Å²) in [5.41, 5.74) is 0.361. The maximum atomic E-state index is 12.2. The normalized spacial score (nSPS) is 13.0. The van der Waals surface area contributed by atoms with Gasteiger partial charge >= 0.3 is 5.97 Å². The Kier molecular flexibility index (Phi) is 6.69. The first-order chi connectivity index (χ1) is 11.5. The fourth-order valence-corrected chi connectivity index (χ4v) is 3.59. The summed E-state index contributed by atoms with van der Waals surface area (Å²) >= 11 is 3.26. The minimum Gasteiger partial charge on any atom is -0.480 e. The van der Waals surface area contributed by atoms with Gasteiger partial charge in [-0.3, -0.25) is 9.00 Å². The van der Waals surface area contributed by atoms with Crippen molar-refractivity contribution in [1.29, 1.82) is 0 Å². The summed E-state index contributed by atoms with van der Waals surface area (Å²) in [6.07, 6.45) is 0.0799. The van der Waals surface area contributed by atoms with Crippen LogP contribution < -0.4 is 5.32 Å². The van der Waals surface area contributed by atoms with Crippen LogP contribution in [0.1, 0.15) is 16.8 Å². The molecule has 0 aliphatic carbocycles. The number of aliphatic carboxylic acids is 1. The van der Waals surface area contributed by atoms with E-state index >= 15 is 0 Å². The summed E-state index contributed by atoms with van der Waals surface area (Å²) in [4.78, 5) is 24.2. The molecule has 0 heterocycles. The Morgan fingerprint density at radius 3 is 2.46 bits per heavy atom. The van der Waals surface area contributed by atoms with Crippen LogP contribution in [0.5, 0.6) is 0 Å². The molecule has 126 valence electrons. The third-order valence-corrected chi connectivity index (χ3v) is 5.19. The highest BCUT2D eigenvalue weighted by Crippen LogP contribution is 2.12. The molecule has 1 amide bonds. The fourth-order valence-electron chi connectivity index (χ4n) is 2.04. The molecule has 0 aromatic heterocycles. The Labute approximate surface area is 150 Å². The number of amides is 1. The fraction of sp³-hybridized carbons (Fsp3) is 0.176. The third-order valence-electron chi connectivity index (χ3n) is 3.29. The number of carbonyl (C=O) groups excluding carboxylic acids is 1. The van der Waals surface area contributed by atoms with Crippen LogP contribution in [0.4, 0.5) is 0 Å². The van der Waals surface area contributed by atoms with Crippen LogP contribution in [-0.2, 0) is 15.6 Å². The van der Waals surface area contributed by atoms with Gasteiger partial charge < -0.3 is 10.4 Å². The number of carbonyl (C=O) groups is 2. The molecular weight excluding hydrogens is 394 g/mol. The minimum atomic E-state index is -1.31. The summed E-state index contributed by atoms with van der Waals surface area (Å²) in [6.45, 7) is 0. The highest BCUT2D eigenvalue weighted by molar-refractivity contribution is 9.10. The first-order valence-corrected chi connectivity index (χ1v) is 9.31. The zero-order valence-electron chi connectivity index (χ0n) is 12.6. The van der Waals surface area contributed by atoms with Gasteiger partial charge in [0.15, 0.2) is 0 Å². The molecule has 2 rings (SSSR count). The first-order valence-electron chi connectivity index (χ1n) is 7.20. The number of carboxylic acid groups (broad SMARTS) is 1. The van der Waals surface area contributed by atoms with Crippen LogP contribution in [0.15, 0.2) is 64.0 Å². The summed E-state index contributed by atoms with van der Waals surface area (Å²) in [7, 11) is -1.31. The van der Waals surface area contributed by atoms with Gasteiger partial charge in [0.2, 0.25) is 0 Å². The van der Waals surface area contributed by atoms with Crippen LogP contribution in [0.2, 0.25) is 0 Å². The van der Waals surface area contributed by atoms with E-state index in [4.69, 9.17) is 0 Å². The van der Waals surface area contributed by atoms with Crippen molar-refractivity contribution in [3.05, 3.63) is 64.6 Å². The number of rotatable bonds is 7. The van der Waals surface area contributed by atoms with Gasteiger partial charge in [-0.1, -0.05) is 40.2 Å². The molecule has 2 aromatic rings. The maximum Gasteiger partial charge on any atom is 0.326 e. The lowest BCUT2D eigenvalue weighted by Crippen LogP contribution is -2.41. The molecule has 2 N–H and O–H groups in total. The molecule has 0 unspecified atom stereocenters. The molecule has 0 radical (unpaired) electrons. The van der Waals surface area contributed by atoms with Gasteiger partial charge in [-0.2, -0.15) is 0 Å². The Morgan fingerprint density at radius 1 is 1.12 bits per heavy atom. The molecule has 0 saturated carbocycles. The lowest BCUT2D eigenvalue weighted by molar-refractivity contribution is -0.139. The van der Waals surface area contributed by atoms with E-state index in [1.54, 1.807) is 48.5 Å². The molecule has 2 aromatic carbocycles. The molecule has 0 spiro atoms. The SMILES string of the molecule is O=C(N[C@@H](CC[S@@](=O)c1ccccc1)C(=O)O)c1cccc(Br)c1. The third kappa shape index (κ3) is 5.28. The quantitative estimate of drug-likeness (QED) is 0.736. The van der Waals surface area contributed by atoms with Crippen LogP contribution >= 0.6 is 15.9 Å². The lowest BCUT2D eigenvalue weighted by atomic mass is 10.1. The molecule has 0 bridgehead atoms. The highest BCUT2D eigenvalue weighted by Gasteiger charge is 2.21. The van der Waals surface area contributed by atoms with Crippen molar-refractivity contribution in [2.75, 3.05) is 5.75 Å². The van der Waals surface area contributed by atoms with Crippen LogP contribution in [0, 0.1) is 0 Å². The Hall–Kier alpha value is -1.99. The second-order valence-electron chi connectivity index (χ2n) is 5.03. The number of nitrogens with one attached hydrogen (secondary N) is 1. The Balaban J connectivity index is 1.98. The molecule has 0 aliphatic rings. The number of benzene rings is 2. The molecule has 5 nitrogen and oxygen atoms in total. The van der Waals surface area contributed by atoms with Gasteiger partial charge in [0, 0.05) is 20.7 Å². The molecule has 0 saturated heterocycles. The van der Waals surface area contributed by atoms with E-state index < -0.39 is 28.7 Å². The van der Waals surface area contributed by atoms with E-state index in [0.717, 1.165) is 4.47 Å². The van der Waals surface area contributed by atoms with Gasteiger partial charge in [-0.05, 0) is 36.8 Å². The Bertz CT molecular complexity index is 751. The van der Waals surface area contributed by atoms with E-state index in [9.17, 15) is 18.9 Å². The topological polar surface area (TPSA) is 83.5 Å². The van der Waals surface area contributed by atoms with Crippen molar-refractivity contribution in [2.24, 2.45) is 0 Å². The lowest BCUT2D eigenvalue weighted by Gasteiger charge is -2.14. The van der Waals surface area contributed by atoms with E-state index in [-0.39, 0.29) is 12.2 Å². The second kappa shape index (κ2) is 8.75. The van der Waals surface area contributed by atoms with E-state index in [1.807, 2.05) is 6.07 Å². The standard InChI is InChI=1S/C17H16BrNO4S/c18-13-6-4-5-12(11-13)16(20)19-15(17(21)22)9-10-24(23)14-7-2-1-3-8-14/h1-8,11,15H,9-10H2,(H,19,20)(H,21,22)/t15-,24+/m0/s1. The predicted molar refractivity (Wildman–Crippen MR) is 95.4 cm³/mol. The van der Waals surface area contributed by atoms with Gasteiger partial charge in [0.05, 0.1) is 10.8 Å². The monoisotopic (exact) mass is 409 g/mol. The van der Waals surface area contributed by atoms with Gasteiger partial charge in [0.1, 0.15) is 6.04 Å². The largest absolute Gasteiger partial charge is 0.480 e. The molecular formula is C17H16BrNO4S. The smallest absolute Gasteiger partial charge is 0.326 e. The number of carboxylic acids is 1. The predicted octanol–water partition coefficient (Wildman–Crippen LogP) is 2.83. The highest BCUT2D eigenvalue weighted by atomic mass is 79.9. The van der Waals surface area contributed by atoms with Crippen molar-refractivity contribution in [1.82, 2.24) is 5.32 Å². The Morgan fingerprint density at radius 2 is 1.83 bits per heavy atom. The zero-order chi connectivity index (χ0) is 17.5. The van der Waals surface area contributed by atoms with Crippen LogP contribution in [0.25, 0.3) is 0 Å². The van der Waals surface area contributed by atoms with Gasteiger partial charge in [-0.25, -0.2) is 4.79 Å². The summed E-state index contributed by atoms with van der Waals surface area (Å²) in [5, 5.41) is 11.8. The molecule has 2 atom stereocenters. The number of halogens is 1. The summed E-state index contributed by atoms with van der Waals surface area (Å²) in [6, 6.07) is 14.4. The number of hydrogen-bond acceptors (Lipinski definition) is 3. The zero-order valence-corrected chi connectivity index (χ0v) is 15.0. The molecule has 7 heteroatoms. The summed E-state index contributed by atoms with van der Waals surface area (Å²) < 4.78 is 12.9. The van der Waals surface area contributed by atoms with E-state index in [1.165, 1.54) is 0 Å². The van der Waals surface area contributed by atoms with Crippen molar-refractivity contribution in [3.8, 4) is 0 Å². The van der Waals surface area contributed by atoms with Crippen LogP contribution in [-0.4, -0.2) is 33.0 Å². The average molecular weight is 410 g/mol. The molecule has 0 aliphatic heterocycles. The maximum absolute atomic E-state index is 12.2. The molecule has 0 fully saturated rings. The second-order valence-corrected chi connectivity index (χ2v) is 7.51. The van der Waals surface area contributed by atoms with Crippen LogP contribution in [0.3, 0.4) is 0 Å². The number of hydrogen-bond donors (Lipinski definition) is 2. The minimum absolute atomic E-state index is 0.0799. The van der Waals surface area contributed by atoms with Crippen molar-refractivity contribution < 1.29 is 18.9 Å². The first kappa shape index (κ1) is 18.4. The average Bonchev–Trinajstić information content (AvgIpc) is 2.58. The van der Waals surface area contributed by atoms with Gasteiger partial charge in [0.25, 0.3) is 5.91 Å². The molecule has 24 heavy (non-hydrogen) atoms. The van der Waals surface area contributed by atoms with Gasteiger partial charge in [-0.15, -0.1) is 0 Å². The van der Waals surface area contributed by atoms with Crippen molar-refractivity contribution in [2.45, 2.75) is 17.4 Å². The van der Waals surface area contributed by atoms with E-state index in [0.29, 0.717) is 10.5 Å². The van der Waals surface area contributed by atoms with Crippen molar-refractivity contribution >= 4 is 38.6 Å².